The summed E-state index contributed by atoms with van der Waals surface area (Å²) in [6.07, 6.45) is 2.43. The number of hydrogen-bond donors (Lipinski definition) is 1. The minimum atomic E-state index is -0.0221. The van der Waals surface area contributed by atoms with Crippen molar-refractivity contribution >= 4 is 17.7 Å². The molecule has 1 aromatic heterocycles. The fourth-order valence-corrected chi connectivity index (χ4v) is 3.17. The van der Waals surface area contributed by atoms with Crippen molar-refractivity contribution in [2.45, 2.75) is 11.6 Å². The molecule has 1 N–H and O–H groups in total. The number of aromatic nitrogens is 3. The summed E-state index contributed by atoms with van der Waals surface area (Å²) >= 11 is 1.37. The van der Waals surface area contributed by atoms with Gasteiger partial charge in [0.15, 0.2) is 5.16 Å². The van der Waals surface area contributed by atoms with Gasteiger partial charge in [-0.1, -0.05) is 42.1 Å². The summed E-state index contributed by atoms with van der Waals surface area (Å²) < 4.78 is 7.01. The molecule has 3 rings (SSSR count). The van der Waals surface area contributed by atoms with Crippen LogP contribution in [-0.4, -0.2) is 40.1 Å². The summed E-state index contributed by atoms with van der Waals surface area (Å²) in [5.74, 6) is 1.11. The molecule has 0 saturated heterocycles. The molecule has 0 bridgehead atoms. The Balaban J connectivity index is 1.45. The number of amides is 1. The predicted octanol–water partition coefficient (Wildman–Crippen LogP) is 2.73. The van der Waals surface area contributed by atoms with Crippen molar-refractivity contribution in [1.82, 2.24) is 20.1 Å². The zero-order valence-electron chi connectivity index (χ0n) is 14.5. The van der Waals surface area contributed by atoms with Crippen LogP contribution in [0.2, 0.25) is 0 Å². The van der Waals surface area contributed by atoms with Crippen LogP contribution in [0.15, 0.2) is 66.1 Å². The van der Waals surface area contributed by atoms with E-state index in [0.29, 0.717) is 17.5 Å². The van der Waals surface area contributed by atoms with Crippen molar-refractivity contribution in [2.24, 2.45) is 0 Å². The van der Waals surface area contributed by atoms with Gasteiger partial charge < -0.3 is 10.1 Å². The fraction of sp³-hybridized carbons (Fsp3) is 0.211. The van der Waals surface area contributed by atoms with E-state index in [1.54, 1.807) is 13.4 Å². The van der Waals surface area contributed by atoms with Crippen molar-refractivity contribution in [3.8, 4) is 11.4 Å². The van der Waals surface area contributed by atoms with Crippen molar-refractivity contribution in [2.75, 3.05) is 19.4 Å². The second kappa shape index (κ2) is 9.05. The van der Waals surface area contributed by atoms with Crippen molar-refractivity contribution in [1.29, 1.82) is 0 Å². The molecule has 2 aromatic carbocycles. The molecule has 0 saturated carbocycles. The first-order valence-corrected chi connectivity index (χ1v) is 9.22. The minimum Gasteiger partial charge on any atom is -0.497 e. The van der Waals surface area contributed by atoms with Crippen molar-refractivity contribution < 1.29 is 9.53 Å². The lowest BCUT2D eigenvalue weighted by molar-refractivity contribution is -0.118. The number of methoxy groups -OCH3 is 1. The standard InChI is InChI=1S/C19H20N4O2S/c1-25-17-9-7-15(8-10-17)11-12-20-18(24)13-26-19-22-21-14-23(19)16-5-3-2-4-6-16/h2-10,14H,11-13H2,1H3,(H,20,24). The van der Waals surface area contributed by atoms with Crippen molar-refractivity contribution in [3.05, 3.63) is 66.5 Å². The SMILES string of the molecule is COc1ccc(CCNC(=O)CSc2nncn2-c2ccccc2)cc1. The summed E-state index contributed by atoms with van der Waals surface area (Å²) in [4.78, 5) is 12.1. The normalized spacial score (nSPS) is 10.5. The molecule has 0 aliphatic carbocycles. The van der Waals surface area contributed by atoms with E-state index in [9.17, 15) is 4.79 Å². The molecular weight excluding hydrogens is 348 g/mol. The smallest absolute Gasteiger partial charge is 0.230 e. The third kappa shape index (κ3) is 4.86. The van der Waals surface area contributed by atoms with Gasteiger partial charge in [0.25, 0.3) is 0 Å². The Hall–Kier alpha value is -2.80. The first-order chi connectivity index (χ1) is 12.8. The number of benzene rings is 2. The number of thioether (sulfide) groups is 1. The van der Waals surface area contributed by atoms with Gasteiger partial charge in [-0.05, 0) is 36.2 Å². The van der Waals surface area contributed by atoms with Crippen LogP contribution in [0, 0.1) is 0 Å². The Labute approximate surface area is 156 Å². The Morgan fingerprint density at radius 1 is 1.15 bits per heavy atom. The highest BCUT2D eigenvalue weighted by atomic mass is 32.2. The molecule has 0 aliphatic rings. The molecule has 0 atom stereocenters. The molecule has 0 spiro atoms. The topological polar surface area (TPSA) is 69.0 Å². The lowest BCUT2D eigenvalue weighted by Gasteiger charge is -2.07. The third-order valence-corrected chi connectivity index (χ3v) is 4.72. The number of para-hydroxylation sites is 1. The van der Waals surface area contributed by atoms with Crippen LogP contribution in [0.5, 0.6) is 5.75 Å². The summed E-state index contributed by atoms with van der Waals surface area (Å²) in [5.41, 5.74) is 2.13. The predicted molar refractivity (Wildman–Crippen MR) is 102 cm³/mol. The van der Waals surface area contributed by atoms with E-state index in [1.807, 2.05) is 59.2 Å². The largest absolute Gasteiger partial charge is 0.497 e. The Kier molecular flexibility index (Phi) is 6.27. The van der Waals surface area contributed by atoms with Gasteiger partial charge in [-0.3, -0.25) is 9.36 Å². The zero-order chi connectivity index (χ0) is 18.2. The average molecular weight is 368 g/mol. The molecule has 26 heavy (non-hydrogen) atoms. The van der Waals surface area contributed by atoms with Gasteiger partial charge in [-0.2, -0.15) is 0 Å². The fourth-order valence-electron chi connectivity index (χ4n) is 2.41. The second-order valence-corrected chi connectivity index (χ2v) is 6.50. The lowest BCUT2D eigenvalue weighted by Crippen LogP contribution is -2.27. The van der Waals surface area contributed by atoms with Gasteiger partial charge in [-0.25, -0.2) is 0 Å². The van der Waals surface area contributed by atoms with Crippen LogP contribution in [0.4, 0.5) is 0 Å². The van der Waals surface area contributed by atoms with E-state index in [2.05, 4.69) is 15.5 Å². The van der Waals surface area contributed by atoms with Crippen LogP contribution in [0.25, 0.3) is 5.69 Å². The summed E-state index contributed by atoms with van der Waals surface area (Å²) in [5, 5.41) is 11.7. The molecule has 1 heterocycles. The maximum Gasteiger partial charge on any atom is 0.230 e. The van der Waals surface area contributed by atoms with Gasteiger partial charge in [0, 0.05) is 12.2 Å². The summed E-state index contributed by atoms with van der Waals surface area (Å²) in [7, 11) is 1.64. The van der Waals surface area contributed by atoms with Crippen molar-refractivity contribution in [3.63, 3.8) is 0 Å². The van der Waals surface area contributed by atoms with E-state index >= 15 is 0 Å². The van der Waals surface area contributed by atoms with Gasteiger partial charge >= 0.3 is 0 Å². The van der Waals surface area contributed by atoms with Gasteiger partial charge in [-0.15, -0.1) is 10.2 Å². The van der Waals surface area contributed by atoms with E-state index in [4.69, 9.17) is 4.74 Å². The molecule has 6 nitrogen and oxygen atoms in total. The number of hydrogen-bond acceptors (Lipinski definition) is 5. The summed E-state index contributed by atoms with van der Waals surface area (Å²) in [6, 6.07) is 17.7. The van der Waals surface area contributed by atoms with Gasteiger partial charge in [0.2, 0.25) is 5.91 Å². The number of carbonyl (C=O) groups is 1. The Morgan fingerprint density at radius 3 is 2.65 bits per heavy atom. The molecule has 134 valence electrons. The van der Waals surface area contributed by atoms with Crippen LogP contribution >= 0.6 is 11.8 Å². The van der Waals surface area contributed by atoms with Crippen LogP contribution < -0.4 is 10.1 Å². The molecule has 0 aliphatic heterocycles. The van der Waals surface area contributed by atoms with Gasteiger partial charge in [0.1, 0.15) is 12.1 Å². The summed E-state index contributed by atoms with van der Waals surface area (Å²) in [6.45, 7) is 0.594. The number of ether oxygens (including phenoxy) is 1. The third-order valence-electron chi connectivity index (χ3n) is 3.78. The average Bonchev–Trinajstić information content (AvgIpc) is 3.16. The Bertz CT molecular complexity index is 834. The number of nitrogens with one attached hydrogen (secondary N) is 1. The van der Waals surface area contributed by atoms with E-state index in [0.717, 1.165) is 23.4 Å². The highest BCUT2D eigenvalue weighted by molar-refractivity contribution is 7.99. The molecule has 1 amide bonds. The van der Waals surface area contributed by atoms with E-state index in [-0.39, 0.29) is 5.91 Å². The first-order valence-electron chi connectivity index (χ1n) is 8.24. The molecular formula is C19H20N4O2S. The van der Waals surface area contributed by atoms with Gasteiger partial charge in [0.05, 0.1) is 12.9 Å². The number of rotatable bonds is 8. The maximum atomic E-state index is 12.1. The number of nitrogens with zero attached hydrogens (tertiary/aromatic N) is 3. The van der Waals surface area contributed by atoms with Crippen LogP contribution in [0.1, 0.15) is 5.56 Å². The lowest BCUT2D eigenvalue weighted by atomic mass is 10.1. The zero-order valence-corrected chi connectivity index (χ0v) is 15.3. The monoisotopic (exact) mass is 368 g/mol. The second-order valence-electron chi connectivity index (χ2n) is 5.56. The first kappa shape index (κ1) is 18.0. The molecule has 0 radical (unpaired) electrons. The molecule has 3 aromatic rings. The highest BCUT2D eigenvalue weighted by Gasteiger charge is 2.09. The minimum absolute atomic E-state index is 0.0221. The Morgan fingerprint density at radius 2 is 1.92 bits per heavy atom. The molecule has 7 heteroatoms. The quantitative estimate of drug-likeness (QED) is 0.619. The van der Waals surface area contributed by atoms with E-state index < -0.39 is 0 Å². The van der Waals surface area contributed by atoms with E-state index in [1.165, 1.54) is 11.8 Å². The van der Waals surface area contributed by atoms with Crippen LogP contribution in [-0.2, 0) is 11.2 Å². The molecule has 0 fully saturated rings. The van der Waals surface area contributed by atoms with Crippen LogP contribution in [0.3, 0.4) is 0 Å². The molecule has 0 unspecified atom stereocenters. The maximum absolute atomic E-state index is 12.1. The highest BCUT2D eigenvalue weighted by Crippen LogP contribution is 2.19. The number of carbonyl (C=O) groups excluding carboxylic acids is 1.